The van der Waals surface area contributed by atoms with Crippen molar-refractivity contribution in [2.75, 3.05) is 0 Å². The van der Waals surface area contributed by atoms with E-state index in [1.807, 2.05) is 24.4 Å². The Morgan fingerprint density at radius 1 is 1.12 bits per heavy atom. The molecule has 0 aliphatic heterocycles. The maximum atomic E-state index is 6.16. The summed E-state index contributed by atoms with van der Waals surface area (Å²) in [7, 11) is 0. The maximum Gasteiger partial charge on any atom is 0.0422 e. The molecule has 0 spiro atoms. The van der Waals surface area contributed by atoms with E-state index < -0.39 is 0 Å². The van der Waals surface area contributed by atoms with Crippen LogP contribution < -0.4 is 5.73 Å². The summed E-state index contributed by atoms with van der Waals surface area (Å²) in [4.78, 5) is 4.44. The first-order valence-electron chi connectivity index (χ1n) is 6.04. The van der Waals surface area contributed by atoms with Crippen LogP contribution in [0.4, 0.5) is 0 Å². The Bertz CT molecular complexity index is 448. The van der Waals surface area contributed by atoms with Crippen LogP contribution in [0.3, 0.4) is 0 Å². The van der Waals surface area contributed by atoms with Crippen LogP contribution in [0.25, 0.3) is 0 Å². The molecule has 2 N–H and O–H groups in total. The Morgan fingerprint density at radius 3 is 2.47 bits per heavy atom. The molecular formula is C15H18N2. The first-order chi connectivity index (χ1) is 8.29. The lowest BCUT2D eigenvalue weighted by atomic mass is 10.0. The molecule has 0 radical (unpaired) electrons. The van der Waals surface area contributed by atoms with Gasteiger partial charge in [-0.15, -0.1) is 0 Å². The molecule has 2 aromatic rings. The molecule has 0 aliphatic carbocycles. The van der Waals surface area contributed by atoms with E-state index >= 15 is 0 Å². The summed E-state index contributed by atoms with van der Waals surface area (Å²) in [6, 6.07) is 14.4. The molecule has 1 atom stereocenters. The van der Waals surface area contributed by atoms with Gasteiger partial charge in [0.15, 0.2) is 0 Å². The predicted octanol–water partition coefficient (Wildman–Crippen LogP) is 2.89. The molecule has 0 saturated heterocycles. The SMILES string of the molecule is CCc1ccc(CC(N)c2ccccc2)nc1. The third-order valence-corrected chi connectivity index (χ3v) is 2.95. The zero-order valence-corrected chi connectivity index (χ0v) is 10.1. The van der Waals surface area contributed by atoms with Crippen molar-refractivity contribution >= 4 is 0 Å². The van der Waals surface area contributed by atoms with Gasteiger partial charge >= 0.3 is 0 Å². The van der Waals surface area contributed by atoms with Gasteiger partial charge in [-0.2, -0.15) is 0 Å². The van der Waals surface area contributed by atoms with Gasteiger partial charge in [0.2, 0.25) is 0 Å². The molecule has 2 heteroatoms. The molecule has 0 bridgehead atoms. The molecule has 0 amide bonds. The summed E-state index contributed by atoms with van der Waals surface area (Å²) in [6.07, 6.45) is 3.75. The lowest BCUT2D eigenvalue weighted by molar-refractivity contribution is 0.706. The number of hydrogen-bond donors (Lipinski definition) is 1. The first kappa shape index (κ1) is 11.8. The smallest absolute Gasteiger partial charge is 0.0422 e. The van der Waals surface area contributed by atoms with Gasteiger partial charge in [0.25, 0.3) is 0 Å². The minimum absolute atomic E-state index is 0.0242. The van der Waals surface area contributed by atoms with Crippen molar-refractivity contribution in [3.8, 4) is 0 Å². The van der Waals surface area contributed by atoms with Crippen LogP contribution in [0.1, 0.15) is 29.8 Å². The van der Waals surface area contributed by atoms with E-state index in [2.05, 4.69) is 36.2 Å². The van der Waals surface area contributed by atoms with Gasteiger partial charge in [0.1, 0.15) is 0 Å². The lowest BCUT2D eigenvalue weighted by Crippen LogP contribution is -2.13. The summed E-state index contributed by atoms with van der Waals surface area (Å²) >= 11 is 0. The van der Waals surface area contributed by atoms with E-state index in [1.54, 1.807) is 0 Å². The zero-order valence-electron chi connectivity index (χ0n) is 10.1. The van der Waals surface area contributed by atoms with Gasteiger partial charge in [0.05, 0.1) is 0 Å². The summed E-state index contributed by atoms with van der Waals surface area (Å²) < 4.78 is 0. The molecule has 88 valence electrons. The second-order valence-electron chi connectivity index (χ2n) is 4.23. The number of aryl methyl sites for hydroxylation is 1. The van der Waals surface area contributed by atoms with E-state index in [1.165, 1.54) is 5.56 Å². The number of nitrogens with two attached hydrogens (primary N) is 1. The number of aromatic nitrogens is 1. The summed E-state index contributed by atoms with van der Waals surface area (Å²) in [5.74, 6) is 0. The molecule has 1 aromatic carbocycles. The van der Waals surface area contributed by atoms with E-state index in [0.717, 1.165) is 24.1 Å². The summed E-state index contributed by atoms with van der Waals surface area (Å²) in [5.41, 5.74) is 9.64. The topological polar surface area (TPSA) is 38.9 Å². The van der Waals surface area contributed by atoms with Crippen LogP contribution in [-0.4, -0.2) is 4.98 Å². The number of rotatable bonds is 4. The zero-order chi connectivity index (χ0) is 12.1. The van der Waals surface area contributed by atoms with Crippen molar-refractivity contribution in [3.63, 3.8) is 0 Å². The maximum absolute atomic E-state index is 6.16. The average molecular weight is 226 g/mol. The second kappa shape index (κ2) is 5.60. The monoisotopic (exact) mass is 226 g/mol. The molecule has 1 unspecified atom stereocenters. The van der Waals surface area contributed by atoms with Crippen LogP contribution in [0.15, 0.2) is 48.7 Å². The highest BCUT2D eigenvalue weighted by molar-refractivity contribution is 5.21. The number of pyridine rings is 1. The van der Waals surface area contributed by atoms with E-state index in [-0.39, 0.29) is 6.04 Å². The number of benzene rings is 1. The van der Waals surface area contributed by atoms with Gasteiger partial charge in [0, 0.05) is 24.4 Å². The van der Waals surface area contributed by atoms with E-state index in [9.17, 15) is 0 Å². The quantitative estimate of drug-likeness (QED) is 0.870. The highest BCUT2D eigenvalue weighted by atomic mass is 14.7. The molecule has 0 fully saturated rings. The molecule has 2 rings (SSSR count). The summed E-state index contributed by atoms with van der Waals surface area (Å²) in [6.45, 7) is 2.13. The Labute approximate surface area is 103 Å². The third kappa shape index (κ3) is 3.14. The van der Waals surface area contributed by atoms with Crippen molar-refractivity contribution in [2.24, 2.45) is 5.73 Å². The van der Waals surface area contributed by atoms with Crippen molar-refractivity contribution in [1.29, 1.82) is 0 Å². The van der Waals surface area contributed by atoms with E-state index in [4.69, 9.17) is 5.73 Å². The Morgan fingerprint density at radius 2 is 1.88 bits per heavy atom. The van der Waals surface area contributed by atoms with Crippen molar-refractivity contribution in [3.05, 3.63) is 65.5 Å². The minimum Gasteiger partial charge on any atom is -0.324 e. The largest absolute Gasteiger partial charge is 0.324 e. The van der Waals surface area contributed by atoms with Crippen molar-refractivity contribution < 1.29 is 0 Å². The predicted molar refractivity (Wildman–Crippen MR) is 70.7 cm³/mol. The molecule has 1 aromatic heterocycles. The Hall–Kier alpha value is -1.67. The van der Waals surface area contributed by atoms with Gasteiger partial charge in [-0.05, 0) is 23.6 Å². The Balaban J connectivity index is 2.05. The minimum atomic E-state index is 0.0242. The standard InChI is InChI=1S/C15H18N2/c1-2-12-8-9-14(17-11-12)10-15(16)13-6-4-3-5-7-13/h3-9,11,15H,2,10,16H2,1H3. The number of nitrogens with zero attached hydrogens (tertiary/aromatic N) is 1. The van der Waals surface area contributed by atoms with Gasteiger partial charge in [-0.1, -0.05) is 43.3 Å². The fraction of sp³-hybridized carbons (Fsp3) is 0.267. The molecule has 0 saturated carbocycles. The average Bonchev–Trinajstić information content (AvgIpc) is 2.40. The third-order valence-electron chi connectivity index (χ3n) is 2.95. The van der Waals surface area contributed by atoms with Gasteiger partial charge in [-0.3, -0.25) is 4.98 Å². The number of hydrogen-bond acceptors (Lipinski definition) is 2. The summed E-state index contributed by atoms with van der Waals surface area (Å²) in [5, 5.41) is 0. The highest BCUT2D eigenvalue weighted by Gasteiger charge is 2.07. The highest BCUT2D eigenvalue weighted by Crippen LogP contribution is 2.14. The second-order valence-corrected chi connectivity index (χ2v) is 4.23. The van der Waals surface area contributed by atoms with Crippen LogP contribution in [0.5, 0.6) is 0 Å². The normalized spacial score (nSPS) is 12.4. The van der Waals surface area contributed by atoms with Gasteiger partial charge in [-0.25, -0.2) is 0 Å². The molecule has 1 heterocycles. The lowest BCUT2D eigenvalue weighted by Gasteiger charge is -2.11. The van der Waals surface area contributed by atoms with Crippen LogP contribution >= 0.6 is 0 Å². The first-order valence-corrected chi connectivity index (χ1v) is 6.04. The molecular weight excluding hydrogens is 208 g/mol. The van der Waals surface area contributed by atoms with Gasteiger partial charge < -0.3 is 5.73 Å². The van der Waals surface area contributed by atoms with Crippen LogP contribution in [-0.2, 0) is 12.8 Å². The molecule has 2 nitrogen and oxygen atoms in total. The fourth-order valence-corrected chi connectivity index (χ4v) is 1.83. The Kier molecular flexibility index (Phi) is 3.89. The molecule has 17 heavy (non-hydrogen) atoms. The molecule has 0 aliphatic rings. The van der Waals surface area contributed by atoms with Crippen LogP contribution in [0.2, 0.25) is 0 Å². The van der Waals surface area contributed by atoms with Crippen LogP contribution in [0, 0.1) is 0 Å². The van der Waals surface area contributed by atoms with Crippen molar-refractivity contribution in [1.82, 2.24) is 4.98 Å². The van der Waals surface area contributed by atoms with E-state index in [0.29, 0.717) is 0 Å². The fourth-order valence-electron chi connectivity index (χ4n) is 1.83. The van der Waals surface area contributed by atoms with Crippen molar-refractivity contribution in [2.45, 2.75) is 25.8 Å².